The molecule has 0 radical (unpaired) electrons. The van der Waals surface area contributed by atoms with Crippen LogP contribution in [0, 0.1) is 0 Å². The molecule has 0 aliphatic heterocycles. The predicted molar refractivity (Wildman–Crippen MR) is 68.9 cm³/mol. The Kier molecular flexibility index (Phi) is 1.92. The molecule has 1 aromatic carbocycles. The monoisotopic (exact) mass is 240 g/mol. The maximum Gasteiger partial charge on any atom is 0.339 e. The van der Waals surface area contributed by atoms with E-state index in [1.807, 2.05) is 12.1 Å². The van der Waals surface area contributed by atoms with Crippen LogP contribution in [0.2, 0.25) is 0 Å². The lowest BCUT2D eigenvalue weighted by Gasteiger charge is -2.15. The Morgan fingerprint density at radius 1 is 1.00 bits per heavy atom. The maximum absolute atomic E-state index is 12.0. The third kappa shape index (κ3) is 1.27. The molecule has 0 atom stereocenters. The van der Waals surface area contributed by atoms with Gasteiger partial charge in [-0.3, -0.25) is 0 Å². The molecule has 18 heavy (non-hydrogen) atoms. The smallest absolute Gasteiger partial charge is 0.339 e. The van der Waals surface area contributed by atoms with Crippen molar-refractivity contribution in [2.75, 3.05) is 0 Å². The van der Waals surface area contributed by atoms with Gasteiger partial charge < -0.3 is 8.83 Å². The van der Waals surface area contributed by atoms with Crippen LogP contribution in [-0.4, -0.2) is 0 Å². The zero-order valence-electron chi connectivity index (χ0n) is 9.86. The molecule has 1 aliphatic rings. The molecule has 90 valence electrons. The lowest BCUT2D eigenvalue weighted by Crippen LogP contribution is -2.15. The van der Waals surface area contributed by atoms with Gasteiger partial charge in [-0.25, -0.2) is 4.79 Å². The van der Waals surface area contributed by atoms with Crippen LogP contribution in [0.1, 0.15) is 24.0 Å². The standard InChI is InChI=1S/C15H12O3/c16-15-11-4-2-1-3-10(11)12-7-9-5-6-17-13(9)8-14(12)18-15/h5-8H,1-4H2. The molecule has 0 saturated heterocycles. The second-order valence-corrected chi connectivity index (χ2v) is 4.86. The number of hydrogen-bond acceptors (Lipinski definition) is 3. The van der Waals surface area contributed by atoms with E-state index in [4.69, 9.17) is 8.83 Å². The molecule has 3 aromatic rings. The van der Waals surface area contributed by atoms with E-state index < -0.39 is 0 Å². The number of hydrogen-bond donors (Lipinski definition) is 0. The van der Waals surface area contributed by atoms with E-state index in [9.17, 15) is 4.79 Å². The summed E-state index contributed by atoms with van der Waals surface area (Å²) in [4.78, 5) is 12.0. The lowest BCUT2D eigenvalue weighted by atomic mass is 9.90. The maximum atomic E-state index is 12.0. The molecular weight excluding hydrogens is 228 g/mol. The van der Waals surface area contributed by atoms with E-state index in [1.165, 1.54) is 5.56 Å². The van der Waals surface area contributed by atoms with Crippen molar-refractivity contribution in [2.24, 2.45) is 0 Å². The molecule has 3 nitrogen and oxygen atoms in total. The molecule has 0 unspecified atom stereocenters. The molecular formula is C15H12O3. The van der Waals surface area contributed by atoms with E-state index in [1.54, 1.807) is 6.26 Å². The largest absolute Gasteiger partial charge is 0.464 e. The summed E-state index contributed by atoms with van der Waals surface area (Å²) in [5, 5.41) is 2.13. The summed E-state index contributed by atoms with van der Waals surface area (Å²) in [7, 11) is 0. The molecule has 2 heterocycles. The van der Waals surface area contributed by atoms with E-state index >= 15 is 0 Å². The SMILES string of the molecule is O=c1oc2cc3occc3cc2c2c1CCCC2. The third-order valence-electron chi connectivity index (χ3n) is 3.80. The van der Waals surface area contributed by atoms with Gasteiger partial charge in [0.1, 0.15) is 11.2 Å². The first kappa shape index (κ1) is 9.95. The highest BCUT2D eigenvalue weighted by Crippen LogP contribution is 2.30. The van der Waals surface area contributed by atoms with Crippen LogP contribution in [0.3, 0.4) is 0 Å². The minimum absolute atomic E-state index is 0.178. The number of rotatable bonds is 0. The highest BCUT2D eigenvalue weighted by atomic mass is 16.4. The number of aryl methyl sites for hydroxylation is 1. The Bertz CT molecular complexity index is 808. The van der Waals surface area contributed by atoms with Gasteiger partial charge in [0, 0.05) is 22.4 Å². The Hall–Kier alpha value is -2.03. The van der Waals surface area contributed by atoms with Crippen molar-refractivity contribution in [1.82, 2.24) is 0 Å². The molecule has 4 rings (SSSR count). The third-order valence-corrected chi connectivity index (χ3v) is 3.80. The zero-order chi connectivity index (χ0) is 12.1. The van der Waals surface area contributed by atoms with Gasteiger partial charge in [0.2, 0.25) is 0 Å². The van der Waals surface area contributed by atoms with Crippen LogP contribution in [0.4, 0.5) is 0 Å². The quantitative estimate of drug-likeness (QED) is 0.565. The predicted octanol–water partition coefficient (Wildman–Crippen LogP) is 3.42. The van der Waals surface area contributed by atoms with E-state index in [-0.39, 0.29) is 5.63 Å². The van der Waals surface area contributed by atoms with E-state index in [0.717, 1.165) is 47.6 Å². The van der Waals surface area contributed by atoms with Gasteiger partial charge in [0.25, 0.3) is 0 Å². The summed E-state index contributed by atoms with van der Waals surface area (Å²) in [6.45, 7) is 0. The average Bonchev–Trinajstić information content (AvgIpc) is 2.84. The second-order valence-electron chi connectivity index (χ2n) is 4.86. The van der Waals surface area contributed by atoms with Crippen molar-refractivity contribution in [2.45, 2.75) is 25.7 Å². The fourth-order valence-electron chi connectivity index (χ4n) is 2.90. The summed E-state index contributed by atoms with van der Waals surface area (Å²) in [5.74, 6) is 0. The van der Waals surface area contributed by atoms with Crippen molar-refractivity contribution in [3.05, 3.63) is 46.0 Å². The number of furan rings is 1. The molecule has 2 aromatic heterocycles. The number of benzene rings is 1. The molecule has 0 fully saturated rings. The van der Waals surface area contributed by atoms with Crippen LogP contribution in [-0.2, 0) is 12.8 Å². The van der Waals surface area contributed by atoms with Crippen LogP contribution >= 0.6 is 0 Å². The topological polar surface area (TPSA) is 43.4 Å². The Morgan fingerprint density at radius 3 is 2.72 bits per heavy atom. The normalized spacial score (nSPS) is 15.1. The van der Waals surface area contributed by atoms with Gasteiger partial charge in [0.15, 0.2) is 0 Å². The summed E-state index contributed by atoms with van der Waals surface area (Å²) in [5.41, 5.74) is 3.28. The van der Waals surface area contributed by atoms with E-state index in [2.05, 4.69) is 6.07 Å². The van der Waals surface area contributed by atoms with Crippen LogP contribution in [0.25, 0.3) is 21.9 Å². The van der Waals surface area contributed by atoms with Gasteiger partial charge >= 0.3 is 5.63 Å². The lowest BCUT2D eigenvalue weighted by molar-refractivity contribution is 0.533. The fourth-order valence-corrected chi connectivity index (χ4v) is 2.90. The molecule has 0 saturated carbocycles. The Morgan fingerprint density at radius 2 is 1.83 bits per heavy atom. The Labute approximate surface area is 103 Å². The van der Waals surface area contributed by atoms with Crippen LogP contribution < -0.4 is 5.63 Å². The number of fused-ring (bicyclic) bond motifs is 4. The van der Waals surface area contributed by atoms with Gasteiger partial charge in [-0.05, 0) is 43.4 Å². The molecule has 0 bridgehead atoms. The van der Waals surface area contributed by atoms with Crippen molar-refractivity contribution in [3.63, 3.8) is 0 Å². The zero-order valence-corrected chi connectivity index (χ0v) is 9.86. The minimum atomic E-state index is -0.178. The molecule has 1 aliphatic carbocycles. The highest BCUT2D eigenvalue weighted by molar-refractivity contribution is 5.95. The first-order chi connectivity index (χ1) is 8.83. The summed E-state index contributed by atoms with van der Waals surface area (Å²) in [6.07, 6.45) is 5.71. The second kappa shape index (κ2) is 3.48. The molecule has 0 N–H and O–H groups in total. The first-order valence-corrected chi connectivity index (χ1v) is 6.29. The van der Waals surface area contributed by atoms with Gasteiger partial charge in [-0.2, -0.15) is 0 Å². The van der Waals surface area contributed by atoms with Crippen LogP contribution in [0.15, 0.2) is 38.1 Å². The first-order valence-electron chi connectivity index (χ1n) is 6.29. The van der Waals surface area contributed by atoms with Crippen LogP contribution in [0.5, 0.6) is 0 Å². The van der Waals surface area contributed by atoms with Crippen molar-refractivity contribution in [1.29, 1.82) is 0 Å². The van der Waals surface area contributed by atoms with Gasteiger partial charge in [-0.1, -0.05) is 0 Å². The van der Waals surface area contributed by atoms with E-state index in [0.29, 0.717) is 5.58 Å². The fraction of sp³-hybridized carbons (Fsp3) is 0.267. The van der Waals surface area contributed by atoms with Gasteiger partial charge in [-0.15, -0.1) is 0 Å². The van der Waals surface area contributed by atoms with Crippen molar-refractivity contribution in [3.8, 4) is 0 Å². The Balaban J connectivity index is 2.19. The molecule has 0 amide bonds. The highest BCUT2D eigenvalue weighted by Gasteiger charge is 2.18. The summed E-state index contributed by atoms with van der Waals surface area (Å²) >= 11 is 0. The van der Waals surface area contributed by atoms with Gasteiger partial charge in [0.05, 0.1) is 6.26 Å². The summed E-state index contributed by atoms with van der Waals surface area (Å²) < 4.78 is 10.8. The molecule has 3 heteroatoms. The summed E-state index contributed by atoms with van der Waals surface area (Å²) in [6, 6.07) is 5.83. The minimum Gasteiger partial charge on any atom is -0.464 e. The molecule has 0 spiro atoms. The van der Waals surface area contributed by atoms with Crippen molar-refractivity contribution >= 4 is 21.9 Å². The average molecular weight is 240 g/mol. The van der Waals surface area contributed by atoms with Crippen molar-refractivity contribution < 1.29 is 8.83 Å².